The lowest BCUT2D eigenvalue weighted by Crippen LogP contribution is -2.49. The molecule has 0 saturated carbocycles. The average Bonchev–Trinajstić information content (AvgIpc) is 2.32. The van der Waals surface area contributed by atoms with Crippen LogP contribution in [0.5, 0.6) is 0 Å². The van der Waals surface area contributed by atoms with Crippen LogP contribution in [-0.4, -0.2) is 35.5 Å². The van der Waals surface area contributed by atoms with E-state index in [4.69, 9.17) is 11.6 Å². The summed E-state index contributed by atoms with van der Waals surface area (Å²) in [6.07, 6.45) is 1.70. The van der Waals surface area contributed by atoms with E-state index in [2.05, 4.69) is 22.2 Å². The van der Waals surface area contributed by atoms with Gasteiger partial charge in [-0.05, 0) is 20.8 Å². The molecule has 1 atom stereocenters. The second kappa shape index (κ2) is 5.28. The molecule has 0 amide bonds. The van der Waals surface area contributed by atoms with Crippen LogP contribution in [0.1, 0.15) is 26.8 Å². The lowest BCUT2D eigenvalue weighted by molar-refractivity contribution is 0.477. The zero-order valence-electron chi connectivity index (χ0n) is 11.0. The lowest BCUT2D eigenvalue weighted by Gasteiger charge is -2.33. The van der Waals surface area contributed by atoms with Crippen molar-refractivity contribution in [1.82, 2.24) is 15.1 Å². The zero-order valence-corrected chi connectivity index (χ0v) is 11.7. The van der Waals surface area contributed by atoms with Gasteiger partial charge in [0.25, 0.3) is 5.56 Å². The van der Waals surface area contributed by atoms with Crippen molar-refractivity contribution < 1.29 is 0 Å². The summed E-state index contributed by atoms with van der Waals surface area (Å²) in [4.78, 5) is 14.2. The summed E-state index contributed by atoms with van der Waals surface area (Å²) in [5.41, 5.74) is 0.530. The van der Waals surface area contributed by atoms with Crippen molar-refractivity contribution in [3.05, 3.63) is 21.6 Å². The first-order chi connectivity index (χ1) is 8.50. The number of hydrogen-bond donors (Lipinski definition) is 1. The van der Waals surface area contributed by atoms with Crippen molar-refractivity contribution in [2.45, 2.75) is 32.9 Å². The van der Waals surface area contributed by atoms with Gasteiger partial charge in [-0.25, -0.2) is 4.68 Å². The number of rotatable bonds is 2. The summed E-state index contributed by atoms with van der Waals surface area (Å²) >= 11 is 6.19. The summed E-state index contributed by atoms with van der Waals surface area (Å²) in [7, 11) is 0. The molecular weight excluding hydrogens is 252 g/mol. The molecule has 1 N–H and O–H groups in total. The third kappa shape index (κ3) is 2.52. The van der Waals surface area contributed by atoms with Gasteiger partial charge in [0.15, 0.2) is 0 Å². The molecule has 0 radical (unpaired) electrons. The van der Waals surface area contributed by atoms with Gasteiger partial charge in [-0.1, -0.05) is 11.6 Å². The van der Waals surface area contributed by atoms with Gasteiger partial charge in [0.05, 0.1) is 17.9 Å². The fraction of sp³-hybridized carbons (Fsp3) is 0.667. The van der Waals surface area contributed by atoms with Crippen LogP contribution in [0.2, 0.25) is 5.02 Å². The summed E-state index contributed by atoms with van der Waals surface area (Å²) < 4.78 is 1.41. The zero-order chi connectivity index (χ0) is 13.3. The fourth-order valence-electron chi connectivity index (χ4n) is 2.18. The Hall–Kier alpha value is -1.07. The van der Waals surface area contributed by atoms with Gasteiger partial charge >= 0.3 is 0 Å². The van der Waals surface area contributed by atoms with Crippen molar-refractivity contribution in [2.75, 3.05) is 24.5 Å². The molecule has 1 fully saturated rings. The van der Waals surface area contributed by atoms with E-state index in [0.717, 1.165) is 25.3 Å². The maximum absolute atomic E-state index is 12.1. The van der Waals surface area contributed by atoms with E-state index in [9.17, 15) is 4.79 Å². The molecule has 5 nitrogen and oxygen atoms in total. The number of aromatic nitrogens is 2. The van der Waals surface area contributed by atoms with E-state index in [1.165, 1.54) is 4.68 Å². The quantitative estimate of drug-likeness (QED) is 0.880. The topological polar surface area (TPSA) is 50.2 Å². The molecule has 1 aromatic heterocycles. The fourth-order valence-corrected chi connectivity index (χ4v) is 2.43. The molecule has 1 aliphatic heterocycles. The molecule has 6 heteroatoms. The second-order valence-electron chi connectivity index (χ2n) is 4.99. The maximum atomic E-state index is 12.1. The number of hydrogen-bond acceptors (Lipinski definition) is 4. The van der Waals surface area contributed by atoms with Crippen LogP contribution in [-0.2, 0) is 0 Å². The molecule has 0 bridgehead atoms. The second-order valence-corrected chi connectivity index (χ2v) is 5.37. The minimum absolute atomic E-state index is 0.0194. The molecule has 1 aromatic rings. The Balaban J connectivity index is 2.35. The van der Waals surface area contributed by atoms with Gasteiger partial charge in [0, 0.05) is 25.7 Å². The molecule has 2 rings (SSSR count). The predicted octanol–water partition coefficient (Wildman–Crippen LogP) is 1.28. The first-order valence-electron chi connectivity index (χ1n) is 6.26. The number of nitrogens with one attached hydrogen (secondary N) is 1. The van der Waals surface area contributed by atoms with E-state index in [-0.39, 0.29) is 16.6 Å². The Morgan fingerprint density at radius 1 is 1.56 bits per heavy atom. The minimum Gasteiger partial charge on any atom is -0.366 e. The third-order valence-corrected chi connectivity index (χ3v) is 3.48. The van der Waals surface area contributed by atoms with Gasteiger partial charge in [-0.3, -0.25) is 4.79 Å². The monoisotopic (exact) mass is 270 g/mol. The van der Waals surface area contributed by atoms with E-state index >= 15 is 0 Å². The molecule has 1 saturated heterocycles. The van der Waals surface area contributed by atoms with Crippen LogP contribution >= 0.6 is 11.6 Å². The minimum atomic E-state index is -0.213. The van der Waals surface area contributed by atoms with Gasteiger partial charge < -0.3 is 10.2 Å². The number of piperazine rings is 1. The molecule has 0 aliphatic carbocycles. The van der Waals surface area contributed by atoms with Crippen molar-refractivity contribution in [3.63, 3.8) is 0 Å². The van der Waals surface area contributed by atoms with Crippen molar-refractivity contribution in [2.24, 2.45) is 0 Å². The van der Waals surface area contributed by atoms with Gasteiger partial charge in [0.2, 0.25) is 0 Å². The lowest BCUT2D eigenvalue weighted by atomic mass is 10.2. The SMILES string of the molecule is CC(C)n1ncc(N2CCN[C@H](C)C2)c(Cl)c1=O. The predicted molar refractivity (Wildman–Crippen MR) is 73.6 cm³/mol. The number of anilines is 1. The summed E-state index contributed by atoms with van der Waals surface area (Å²) in [5.74, 6) is 0. The highest BCUT2D eigenvalue weighted by molar-refractivity contribution is 6.33. The largest absolute Gasteiger partial charge is 0.366 e. The standard InChI is InChI=1S/C12H19ClN4O/c1-8(2)17-12(18)11(13)10(6-15-17)16-5-4-14-9(3)7-16/h6,8-9,14H,4-5,7H2,1-3H3/t9-/m1/s1. The Kier molecular flexibility index (Phi) is 3.92. The smallest absolute Gasteiger partial charge is 0.287 e. The van der Waals surface area contributed by atoms with Crippen molar-refractivity contribution in [1.29, 1.82) is 0 Å². The summed E-state index contributed by atoms with van der Waals surface area (Å²) in [5, 5.41) is 7.82. The van der Waals surface area contributed by atoms with Crippen molar-refractivity contribution in [3.8, 4) is 0 Å². The first kappa shape index (κ1) is 13.4. The highest BCUT2D eigenvalue weighted by atomic mass is 35.5. The highest BCUT2D eigenvalue weighted by Crippen LogP contribution is 2.22. The molecule has 0 spiro atoms. The average molecular weight is 271 g/mol. The normalized spacial score (nSPS) is 20.5. The van der Waals surface area contributed by atoms with E-state index in [0.29, 0.717) is 6.04 Å². The summed E-state index contributed by atoms with van der Waals surface area (Å²) in [6.45, 7) is 8.52. The maximum Gasteiger partial charge on any atom is 0.287 e. The Morgan fingerprint density at radius 2 is 2.28 bits per heavy atom. The Morgan fingerprint density at radius 3 is 2.89 bits per heavy atom. The van der Waals surface area contributed by atoms with Crippen LogP contribution in [0.4, 0.5) is 5.69 Å². The number of halogens is 1. The van der Waals surface area contributed by atoms with Crippen LogP contribution in [0.3, 0.4) is 0 Å². The van der Waals surface area contributed by atoms with Crippen molar-refractivity contribution >= 4 is 17.3 Å². The van der Waals surface area contributed by atoms with Gasteiger partial charge in [0.1, 0.15) is 5.02 Å². The van der Waals surface area contributed by atoms with E-state index in [1.807, 2.05) is 13.8 Å². The molecule has 0 aromatic carbocycles. The van der Waals surface area contributed by atoms with Gasteiger partial charge in [-0.2, -0.15) is 5.10 Å². The van der Waals surface area contributed by atoms with Crippen LogP contribution < -0.4 is 15.8 Å². The molecule has 100 valence electrons. The van der Waals surface area contributed by atoms with Crippen LogP contribution in [0, 0.1) is 0 Å². The Bertz CT molecular complexity index is 485. The first-order valence-corrected chi connectivity index (χ1v) is 6.64. The molecule has 2 heterocycles. The third-order valence-electron chi connectivity index (χ3n) is 3.12. The van der Waals surface area contributed by atoms with Crippen LogP contribution in [0.15, 0.2) is 11.0 Å². The van der Waals surface area contributed by atoms with E-state index in [1.54, 1.807) is 6.20 Å². The highest BCUT2D eigenvalue weighted by Gasteiger charge is 2.21. The van der Waals surface area contributed by atoms with Gasteiger partial charge in [-0.15, -0.1) is 0 Å². The molecule has 1 aliphatic rings. The summed E-state index contributed by atoms with van der Waals surface area (Å²) in [6, 6.07) is 0.411. The molecular formula is C12H19ClN4O. The van der Waals surface area contributed by atoms with E-state index < -0.39 is 0 Å². The molecule has 18 heavy (non-hydrogen) atoms. The number of nitrogens with zero attached hydrogens (tertiary/aromatic N) is 3. The van der Waals surface area contributed by atoms with Crippen LogP contribution in [0.25, 0.3) is 0 Å². The Labute approximate surface area is 112 Å². The molecule has 0 unspecified atom stereocenters.